The highest BCUT2D eigenvalue weighted by Crippen LogP contribution is 2.19. The third-order valence-corrected chi connectivity index (χ3v) is 4.04. The van der Waals surface area contributed by atoms with Crippen molar-refractivity contribution in [2.24, 2.45) is 5.73 Å². The predicted molar refractivity (Wildman–Crippen MR) is 80.6 cm³/mol. The molecule has 3 N–H and O–H groups in total. The van der Waals surface area contributed by atoms with Gasteiger partial charge in [-0.25, -0.2) is 4.68 Å². The van der Waals surface area contributed by atoms with Crippen LogP contribution in [0.5, 0.6) is 0 Å². The van der Waals surface area contributed by atoms with E-state index in [0.29, 0.717) is 12.1 Å². The number of aromatic nitrogens is 2. The van der Waals surface area contributed by atoms with Gasteiger partial charge in [0.05, 0.1) is 5.69 Å². The molecule has 4 heteroatoms. The Kier molecular flexibility index (Phi) is 4.14. The van der Waals surface area contributed by atoms with Crippen LogP contribution in [0.4, 0.5) is 0 Å². The molecule has 2 atom stereocenters. The Morgan fingerprint density at radius 2 is 2.15 bits per heavy atom. The van der Waals surface area contributed by atoms with Gasteiger partial charge < -0.3 is 11.1 Å². The van der Waals surface area contributed by atoms with Gasteiger partial charge in [-0.1, -0.05) is 24.6 Å². The summed E-state index contributed by atoms with van der Waals surface area (Å²) >= 11 is 0. The fraction of sp³-hybridized carbons (Fsp3) is 0.438. The van der Waals surface area contributed by atoms with E-state index in [-0.39, 0.29) is 0 Å². The Morgan fingerprint density at radius 1 is 1.25 bits per heavy atom. The maximum Gasteiger partial charge on any atom is 0.0690 e. The molecule has 0 radical (unpaired) electrons. The van der Waals surface area contributed by atoms with E-state index in [1.165, 1.54) is 24.8 Å². The van der Waals surface area contributed by atoms with Crippen LogP contribution in [0.25, 0.3) is 5.69 Å². The minimum atomic E-state index is 0.364. The van der Waals surface area contributed by atoms with E-state index in [0.717, 1.165) is 18.7 Å². The molecule has 1 aliphatic rings. The van der Waals surface area contributed by atoms with Crippen molar-refractivity contribution in [3.8, 4) is 5.69 Å². The topological polar surface area (TPSA) is 55.9 Å². The van der Waals surface area contributed by atoms with Gasteiger partial charge in [-0.05, 0) is 37.0 Å². The first-order valence-corrected chi connectivity index (χ1v) is 7.40. The highest BCUT2D eigenvalue weighted by molar-refractivity contribution is 5.40. The molecular formula is C16H22N4. The van der Waals surface area contributed by atoms with Gasteiger partial charge in [0.25, 0.3) is 0 Å². The number of hydrogen-bond donors (Lipinski definition) is 2. The van der Waals surface area contributed by atoms with Crippen molar-refractivity contribution < 1.29 is 0 Å². The Bertz CT molecular complexity index is 535. The summed E-state index contributed by atoms with van der Waals surface area (Å²) < 4.78 is 1.92. The second kappa shape index (κ2) is 6.20. The van der Waals surface area contributed by atoms with Crippen LogP contribution in [0.1, 0.15) is 31.2 Å². The van der Waals surface area contributed by atoms with Crippen molar-refractivity contribution in [3.05, 3.63) is 48.3 Å². The average molecular weight is 270 g/mol. The molecule has 1 fully saturated rings. The quantitative estimate of drug-likeness (QED) is 0.895. The van der Waals surface area contributed by atoms with Gasteiger partial charge in [0.2, 0.25) is 0 Å². The summed E-state index contributed by atoms with van der Waals surface area (Å²) in [7, 11) is 0. The van der Waals surface area contributed by atoms with E-state index < -0.39 is 0 Å². The molecule has 2 aromatic rings. The fourth-order valence-electron chi connectivity index (χ4n) is 2.96. The average Bonchev–Trinajstić information content (AvgIpc) is 3.00. The zero-order chi connectivity index (χ0) is 13.8. The van der Waals surface area contributed by atoms with E-state index in [1.54, 1.807) is 0 Å². The number of hydrogen-bond acceptors (Lipinski definition) is 3. The molecule has 1 aromatic heterocycles. The number of nitrogens with two attached hydrogens (primary N) is 1. The van der Waals surface area contributed by atoms with Crippen LogP contribution in [0, 0.1) is 0 Å². The van der Waals surface area contributed by atoms with Crippen molar-refractivity contribution in [2.75, 3.05) is 0 Å². The number of para-hydroxylation sites is 1. The summed E-state index contributed by atoms with van der Waals surface area (Å²) in [5.74, 6) is 0. The second-order valence-electron chi connectivity index (χ2n) is 5.58. The van der Waals surface area contributed by atoms with Gasteiger partial charge in [-0.3, -0.25) is 0 Å². The van der Waals surface area contributed by atoms with Crippen LogP contribution in [0.2, 0.25) is 0 Å². The van der Waals surface area contributed by atoms with Gasteiger partial charge in [-0.15, -0.1) is 0 Å². The van der Waals surface area contributed by atoms with Gasteiger partial charge in [-0.2, -0.15) is 5.10 Å². The molecule has 1 aromatic carbocycles. The predicted octanol–water partition coefficient (Wildman–Crippen LogP) is 2.23. The van der Waals surface area contributed by atoms with Crippen LogP contribution >= 0.6 is 0 Å². The lowest BCUT2D eigenvalue weighted by Crippen LogP contribution is -2.39. The third-order valence-electron chi connectivity index (χ3n) is 4.04. The highest BCUT2D eigenvalue weighted by Gasteiger charge is 2.18. The SMILES string of the molecule is NC1CCCC(NCc2ccccc2-n2cccn2)C1. The molecule has 106 valence electrons. The molecule has 2 unspecified atom stereocenters. The third kappa shape index (κ3) is 3.08. The van der Waals surface area contributed by atoms with Gasteiger partial charge in [0.15, 0.2) is 0 Å². The monoisotopic (exact) mass is 270 g/mol. The summed E-state index contributed by atoms with van der Waals surface area (Å²) in [4.78, 5) is 0. The standard InChI is InChI=1S/C16H22N4/c17-14-6-3-7-15(11-14)18-12-13-5-1-2-8-16(13)20-10-4-9-19-20/h1-2,4-5,8-10,14-15,18H,3,6-7,11-12,17H2. The summed E-state index contributed by atoms with van der Waals surface area (Å²) in [6.07, 6.45) is 8.52. The summed E-state index contributed by atoms with van der Waals surface area (Å²) in [5, 5.41) is 7.97. The first kappa shape index (κ1) is 13.3. The van der Waals surface area contributed by atoms with Crippen molar-refractivity contribution >= 4 is 0 Å². The Balaban J connectivity index is 1.68. The van der Waals surface area contributed by atoms with E-state index in [2.05, 4.69) is 34.7 Å². The molecule has 0 bridgehead atoms. The van der Waals surface area contributed by atoms with Crippen LogP contribution < -0.4 is 11.1 Å². The molecule has 0 spiro atoms. The van der Waals surface area contributed by atoms with E-state index >= 15 is 0 Å². The summed E-state index contributed by atoms with van der Waals surface area (Å²) in [6, 6.07) is 11.3. The molecule has 4 nitrogen and oxygen atoms in total. The Labute approximate surface area is 120 Å². The normalized spacial score (nSPS) is 22.9. The number of benzene rings is 1. The molecule has 0 saturated heterocycles. The first-order valence-electron chi connectivity index (χ1n) is 7.40. The lowest BCUT2D eigenvalue weighted by Gasteiger charge is -2.27. The summed E-state index contributed by atoms with van der Waals surface area (Å²) in [5.41, 5.74) is 8.46. The van der Waals surface area contributed by atoms with Gasteiger partial charge >= 0.3 is 0 Å². The van der Waals surface area contributed by atoms with Crippen LogP contribution in [-0.4, -0.2) is 21.9 Å². The van der Waals surface area contributed by atoms with Crippen LogP contribution in [0.15, 0.2) is 42.7 Å². The Morgan fingerprint density at radius 3 is 2.95 bits per heavy atom. The molecular weight excluding hydrogens is 248 g/mol. The minimum Gasteiger partial charge on any atom is -0.328 e. The summed E-state index contributed by atoms with van der Waals surface area (Å²) in [6.45, 7) is 0.868. The van der Waals surface area contributed by atoms with Crippen LogP contribution in [0.3, 0.4) is 0 Å². The number of nitrogens with zero attached hydrogens (tertiary/aromatic N) is 2. The van der Waals surface area contributed by atoms with E-state index in [4.69, 9.17) is 5.73 Å². The lowest BCUT2D eigenvalue weighted by atomic mass is 9.91. The number of rotatable bonds is 4. The maximum absolute atomic E-state index is 6.05. The van der Waals surface area contributed by atoms with Crippen molar-refractivity contribution in [2.45, 2.75) is 44.3 Å². The van der Waals surface area contributed by atoms with Crippen molar-refractivity contribution in [3.63, 3.8) is 0 Å². The lowest BCUT2D eigenvalue weighted by molar-refractivity contribution is 0.338. The first-order chi connectivity index (χ1) is 9.83. The largest absolute Gasteiger partial charge is 0.328 e. The zero-order valence-corrected chi connectivity index (χ0v) is 11.7. The fourth-order valence-corrected chi connectivity index (χ4v) is 2.96. The highest BCUT2D eigenvalue weighted by atomic mass is 15.3. The zero-order valence-electron chi connectivity index (χ0n) is 11.7. The van der Waals surface area contributed by atoms with E-state index in [1.807, 2.05) is 23.1 Å². The van der Waals surface area contributed by atoms with Crippen LogP contribution in [-0.2, 0) is 6.54 Å². The molecule has 0 aliphatic heterocycles. The molecule has 3 rings (SSSR count). The van der Waals surface area contributed by atoms with Crippen molar-refractivity contribution in [1.82, 2.24) is 15.1 Å². The smallest absolute Gasteiger partial charge is 0.0690 e. The van der Waals surface area contributed by atoms with Crippen molar-refractivity contribution in [1.29, 1.82) is 0 Å². The molecule has 0 amide bonds. The van der Waals surface area contributed by atoms with Gasteiger partial charge in [0, 0.05) is 31.0 Å². The Hall–Kier alpha value is -1.65. The van der Waals surface area contributed by atoms with E-state index in [9.17, 15) is 0 Å². The van der Waals surface area contributed by atoms with Gasteiger partial charge in [0.1, 0.15) is 0 Å². The molecule has 1 heterocycles. The number of nitrogens with one attached hydrogen (secondary N) is 1. The maximum atomic E-state index is 6.05. The molecule has 1 aliphatic carbocycles. The second-order valence-corrected chi connectivity index (χ2v) is 5.58. The molecule has 20 heavy (non-hydrogen) atoms. The minimum absolute atomic E-state index is 0.364. The molecule has 1 saturated carbocycles.